The number of benzene rings is 2. The average molecular weight is 953 g/mol. The number of carbonyl (C=O) groups is 4. The van der Waals surface area contributed by atoms with Crippen molar-refractivity contribution in [1.82, 2.24) is 0 Å². The van der Waals surface area contributed by atoms with Gasteiger partial charge in [-0.15, -0.1) is 0 Å². The summed E-state index contributed by atoms with van der Waals surface area (Å²) in [5.74, 6) is -10.1. The third-order valence-electron chi connectivity index (χ3n) is 6.17. The highest BCUT2D eigenvalue weighted by atomic mass is 19.4. The van der Waals surface area contributed by atoms with Gasteiger partial charge in [-0.25, -0.2) is 39.1 Å². The number of hydrogen-bond donors (Lipinski definition) is 12. The lowest BCUT2D eigenvalue weighted by Gasteiger charge is -2.38. The third kappa shape index (κ3) is 26.4. The molecule has 0 spiro atoms. The van der Waals surface area contributed by atoms with E-state index < -0.39 is 72.9 Å². The number of hydrogen-bond acceptors (Lipinski definition) is 10. The number of alkyl halides is 12. The number of carboxylic acids is 4. The van der Waals surface area contributed by atoms with Crippen LogP contribution in [0.15, 0.2) is 68.5 Å². The number of nitrogens with zero attached hydrogens (tertiary/aromatic N) is 4. The van der Waals surface area contributed by atoms with Gasteiger partial charge in [0.1, 0.15) is 23.7 Å². The van der Waals surface area contributed by atoms with Crippen molar-refractivity contribution in [3.05, 3.63) is 48.5 Å². The van der Waals surface area contributed by atoms with E-state index in [0.29, 0.717) is 35.7 Å². The molecule has 0 saturated heterocycles. The molecule has 1 aliphatic rings. The van der Waals surface area contributed by atoms with E-state index in [-0.39, 0.29) is 23.8 Å². The lowest BCUT2D eigenvalue weighted by Crippen LogP contribution is -2.50. The minimum atomic E-state index is -5.08. The van der Waals surface area contributed by atoms with E-state index in [2.05, 4.69) is 20.0 Å². The second kappa shape index (κ2) is 25.2. The van der Waals surface area contributed by atoms with E-state index in [4.69, 9.17) is 94.9 Å². The number of carboxylic acid groups (broad SMARTS) is 4. The summed E-state index contributed by atoms with van der Waals surface area (Å²) in [6.07, 6.45) is -20.5. The molecule has 2 aromatic carbocycles. The van der Waals surface area contributed by atoms with Crippen molar-refractivity contribution >= 4 is 59.1 Å². The van der Waals surface area contributed by atoms with Crippen LogP contribution in [0, 0.1) is 0 Å². The molecule has 4 atom stereocenters. The molecule has 20 N–H and O–H groups in total. The highest BCUT2D eigenvalue weighted by molar-refractivity contribution is 5.80. The van der Waals surface area contributed by atoms with Gasteiger partial charge in [0, 0.05) is 6.42 Å². The lowest BCUT2D eigenvalue weighted by atomic mass is 9.86. The van der Waals surface area contributed by atoms with Crippen LogP contribution < -0.4 is 55.3 Å². The van der Waals surface area contributed by atoms with Gasteiger partial charge in [0.15, 0.2) is 23.8 Å². The molecular weight excluding hydrogens is 916 g/mol. The van der Waals surface area contributed by atoms with E-state index in [0.717, 1.165) is 0 Å². The van der Waals surface area contributed by atoms with Gasteiger partial charge in [0.2, 0.25) is 0 Å². The van der Waals surface area contributed by atoms with Crippen LogP contribution in [0.1, 0.15) is 12.8 Å². The molecule has 34 heteroatoms. The number of aliphatic carboxylic acids is 4. The zero-order chi connectivity index (χ0) is 50.6. The van der Waals surface area contributed by atoms with Gasteiger partial charge in [-0.05, 0) is 55.0 Å². The van der Waals surface area contributed by atoms with Gasteiger partial charge in [-0.1, -0.05) is 0 Å². The molecule has 1 saturated carbocycles. The predicted octanol–water partition coefficient (Wildman–Crippen LogP) is 1.30. The Hall–Kier alpha value is -7.84. The summed E-state index contributed by atoms with van der Waals surface area (Å²) in [6.45, 7) is 0. The molecule has 0 heterocycles. The zero-order valence-corrected chi connectivity index (χ0v) is 31.5. The number of halogens is 12. The highest BCUT2D eigenvalue weighted by Crippen LogP contribution is 2.32. The van der Waals surface area contributed by atoms with Crippen LogP contribution in [0.4, 0.5) is 64.1 Å². The summed E-state index contributed by atoms with van der Waals surface area (Å²) >= 11 is 0. The summed E-state index contributed by atoms with van der Waals surface area (Å²) < 4.78 is 139. The minimum Gasteiger partial charge on any atom is -0.488 e. The number of aliphatic imine (C=N–C) groups is 4. The van der Waals surface area contributed by atoms with E-state index in [1.54, 1.807) is 48.5 Å². The van der Waals surface area contributed by atoms with Crippen molar-refractivity contribution in [1.29, 1.82) is 0 Å². The fourth-order valence-electron chi connectivity index (χ4n) is 3.85. The smallest absolute Gasteiger partial charge is 0.488 e. The Labute approximate surface area is 348 Å². The minimum absolute atomic E-state index is 0.0409. The number of rotatable bonds is 8. The van der Waals surface area contributed by atoms with Crippen molar-refractivity contribution in [3.8, 4) is 11.5 Å². The summed E-state index contributed by atoms with van der Waals surface area (Å²) in [4.78, 5) is 52.3. The molecule has 22 nitrogen and oxygen atoms in total. The number of guanidine groups is 4. The van der Waals surface area contributed by atoms with E-state index in [9.17, 15) is 52.7 Å². The maximum atomic E-state index is 10.6. The topological polar surface area (TPSA) is 425 Å². The summed E-state index contributed by atoms with van der Waals surface area (Å²) in [6, 6.07) is 13.0. The summed E-state index contributed by atoms with van der Waals surface area (Å²) in [7, 11) is 0. The van der Waals surface area contributed by atoms with Crippen molar-refractivity contribution in [2.24, 2.45) is 65.8 Å². The zero-order valence-electron chi connectivity index (χ0n) is 31.5. The van der Waals surface area contributed by atoms with Crippen molar-refractivity contribution < 1.29 is 102 Å². The van der Waals surface area contributed by atoms with E-state index in [1.165, 1.54) is 0 Å². The van der Waals surface area contributed by atoms with Crippen LogP contribution in [0.2, 0.25) is 0 Å². The average Bonchev–Trinajstić information content (AvgIpc) is 3.10. The lowest BCUT2D eigenvalue weighted by molar-refractivity contribution is -0.193. The molecule has 64 heavy (non-hydrogen) atoms. The first-order valence-electron chi connectivity index (χ1n) is 16.0. The molecular formula is C30H36F12N12O10. The van der Waals surface area contributed by atoms with Crippen LogP contribution >= 0.6 is 0 Å². The van der Waals surface area contributed by atoms with Crippen LogP contribution in [0.3, 0.4) is 0 Å². The van der Waals surface area contributed by atoms with Crippen molar-refractivity contribution in [2.75, 3.05) is 0 Å². The molecule has 2 aromatic rings. The van der Waals surface area contributed by atoms with Gasteiger partial charge in [-0.2, -0.15) is 52.7 Å². The van der Waals surface area contributed by atoms with Gasteiger partial charge in [0.05, 0.1) is 23.5 Å². The van der Waals surface area contributed by atoms with Gasteiger partial charge in [-0.3, -0.25) is 0 Å². The van der Waals surface area contributed by atoms with Crippen molar-refractivity contribution in [2.45, 2.75) is 61.8 Å². The maximum absolute atomic E-state index is 10.6. The van der Waals surface area contributed by atoms with Gasteiger partial charge >= 0.3 is 48.6 Å². The Kier molecular flexibility index (Phi) is 22.9. The molecule has 0 amide bonds. The van der Waals surface area contributed by atoms with Crippen LogP contribution in [0.5, 0.6) is 11.5 Å². The standard InChI is InChI=1S/C22H32N12O2.4C2HF3O2/c23-19(24)31-11-1-5-13(6-2-11)35-17-10-18(16(34-22(29)30)9-15(17)33-21(27)28)36-14-7-3-12(4-8-14)32-20(25)26;4*3-2(4,5)1(6)7/h1-8,15-18H,9-10H2,(H4,23,24,31)(H4,25,26,32)(H4,27,28,33)(H4,29,30,34);4*(H,6,7)/t15-,16+,17-,18+;;;;. The second-order valence-corrected chi connectivity index (χ2v) is 11.3. The van der Waals surface area contributed by atoms with Crippen LogP contribution in [-0.2, 0) is 19.2 Å². The highest BCUT2D eigenvalue weighted by Gasteiger charge is 2.42. The largest absolute Gasteiger partial charge is 0.490 e. The Morgan fingerprint density at radius 3 is 0.828 bits per heavy atom. The Balaban J connectivity index is 0. The molecule has 3 rings (SSSR count). The Morgan fingerprint density at radius 1 is 0.438 bits per heavy atom. The first-order valence-corrected chi connectivity index (χ1v) is 16.0. The molecule has 1 fully saturated rings. The van der Waals surface area contributed by atoms with Crippen LogP contribution in [0.25, 0.3) is 0 Å². The second-order valence-electron chi connectivity index (χ2n) is 11.3. The molecule has 0 unspecified atom stereocenters. The van der Waals surface area contributed by atoms with Crippen LogP contribution in [-0.4, -0.2) is 117 Å². The molecule has 0 aliphatic heterocycles. The van der Waals surface area contributed by atoms with E-state index >= 15 is 0 Å². The van der Waals surface area contributed by atoms with Gasteiger partial charge < -0.3 is 75.8 Å². The summed E-state index contributed by atoms with van der Waals surface area (Å²) in [5, 5.41) is 28.5. The predicted molar refractivity (Wildman–Crippen MR) is 196 cm³/mol. The SMILES string of the molecule is NC(N)=Nc1ccc(O[C@H]2C[C@@H](Oc3ccc(N=C(N)N)cc3)[C@H](N=C(N)N)C[C@@H]2N=C(N)N)cc1.O=C(O)C(F)(F)F.O=C(O)C(F)(F)F.O=C(O)C(F)(F)F.O=C(O)C(F)(F)F. The fraction of sp³-hybridized carbons (Fsp3) is 0.333. The Bertz CT molecular complexity index is 1760. The number of ether oxygens (including phenoxy) is 2. The maximum Gasteiger partial charge on any atom is 0.490 e. The normalized spacial score (nSPS) is 16.7. The summed E-state index contributed by atoms with van der Waals surface area (Å²) in [5.41, 5.74) is 45.6. The molecule has 0 bridgehead atoms. The first-order chi connectivity index (χ1) is 28.9. The fourth-order valence-corrected chi connectivity index (χ4v) is 3.85. The molecule has 360 valence electrons. The quantitative estimate of drug-likeness (QED) is 0.101. The Morgan fingerprint density at radius 2 is 0.656 bits per heavy atom. The monoisotopic (exact) mass is 952 g/mol. The van der Waals surface area contributed by atoms with Gasteiger partial charge in [0.25, 0.3) is 0 Å². The number of nitrogens with two attached hydrogens (primary N) is 8. The van der Waals surface area contributed by atoms with Crippen molar-refractivity contribution in [3.63, 3.8) is 0 Å². The first kappa shape index (κ1) is 58.3. The third-order valence-corrected chi connectivity index (χ3v) is 6.17. The van der Waals surface area contributed by atoms with E-state index in [1.807, 2.05) is 0 Å². The molecule has 1 aliphatic carbocycles. The molecule has 0 radical (unpaired) electrons. The molecule has 0 aromatic heterocycles.